The molecule has 3 aliphatic heterocycles. The number of aromatic amines is 1. The number of hydrogen-bond donors (Lipinski definition) is 2. The predicted molar refractivity (Wildman–Crippen MR) is 164 cm³/mol. The Morgan fingerprint density at radius 2 is 1.67 bits per heavy atom. The van der Waals surface area contributed by atoms with Crippen molar-refractivity contribution in [2.24, 2.45) is 0 Å². The summed E-state index contributed by atoms with van der Waals surface area (Å²) in [5, 5.41) is 0.434. The van der Waals surface area contributed by atoms with Gasteiger partial charge in [0, 0.05) is 42.1 Å². The average molecular weight is 614 g/mol. The van der Waals surface area contributed by atoms with Gasteiger partial charge in [0.15, 0.2) is 0 Å². The summed E-state index contributed by atoms with van der Waals surface area (Å²) < 4.78 is 56.7. The molecule has 1 unspecified atom stereocenters. The molecule has 1 atom stereocenters. The minimum Gasteiger partial charge on any atom is -0.361 e. The molecule has 2 fully saturated rings. The lowest BCUT2D eigenvalue weighted by molar-refractivity contribution is -0.134. The number of hydrogen-bond acceptors (Lipinski definition) is 6. The fourth-order valence-corrected chi connectivity index (χ4v) is 9.58. The number of fused-ring (bicyclic) bond motifs is 3. The molecule has 0 radical (unpaired) electrons. The Balaban J connectivity index is 1.24. The van der Waals surface area contributed by atoms with Gasteiger partial charge in [0.25, 0.3) is 0 Å². The average Bonchev–Trinajstić information content (AvgIpc) is 3.52. The molecule has 3 aliphatic rings. The summed E-state index contributed by atoms with van der Waals surface area (Å²) in [4.78, 5) is 21.2. The van der Waals surface area contributed by atoms with Gasteiger partial charge in [-0.3, -0.25) is 9.10 Å². The predicted octanol–water partition coefficient (Wildman–Crippen LogP) is 2.43. The zero-order chi connectivity index (χ0) is 29.7. The van der Waals surface area contributed by atoms with Gasteiger partial charge in [-0.25, -0.2) is 21.6 Å². The number of H-pyrrole nitrogens is 1. The number of piperidine rings is 2. The van der Waals surface area contributed by atoms with E-state index in [2.05, 4.69) is 14.6 Å². The quantitative estimate of drug-likeness (QED) is 0.422. The summed E-state index contributed by atoms with van der Waals surface area (Å²) in [6, 6.07) is 14.5. The Hall–Kier alpha value is -2.93. The molecule has 2 N–H and O–H groups in total. The third-order valence-electron chi connectivity index (χ3n) is 9.43. The molecule has 0 aliphatic carbocycles. The Kier molecular flexibility index (Phi) is 7.61. The zero-order valence-electron chi connectivity index (χ0n) is 24.1. The summed E-state index contributed by atoms with van der Waals surface area (Å²) in [6.07, 6.45) is 5.58. The van der Waals surface area contributed by atoms with E-state index in [0.29, 0.717) is 64.1 Å². The normalized spacial score (nSPS) is 20.7. The first-order valence-corrected chi connectivity index (χ1v) is 18.0. The number of nitrogens with one attached hydrogen (secondary N) is 2. The van der Waals surface area contributed by atoms with Gasteiger partial charge in [0.05, 0.1) is 17.2 Å². The van der Waals surface area contributed by atoms with Gasteiger partial charge < -0.3 is 14.8 Å². The van der Waals surface area contributed by atoms with E-state index < -0.39 is 31.3 Å². The Labute approximate surface area is 248 Å². The number of likely N-dealkylation sites (tertiary alicyclic amines) is 2. The number of carbonyl (C=O) groups is 1. The molecular formula is C30H39N5O5S2. The Morgan fingerprint density at radius 1 is 1.00 bits per heavy atom. The number of para-hydroxylation sites is 2. The van der Waals surface area contributed by atoms with Crippen molar-refractivity contribution in [1.29, 1.82) is 0 Å². The smallest absolute Gasteiger partial charge is 0.241 e. The fourth-order valence-electron chi connectivity index (χ4n) is 6.97. The molecule has 2 saturated heterocycles. The molecule has 4 heterocycles. The van der Waals surface area contributed by atoms with Crippen LogP contribution in [0.15, 0.2) is 54.7 Å². The summed E-state index contributed by atoms with van der Waals surface area (Å²) in [5.41, 5.74) is 3.16. The number of nitrogens with zero attached hydrogens (tertiary/aromatic N) is 3. The molecule has 226 valence electrons. The number of carbonyl (C=O) groups excluding carboxylic acids is 1. The maximum atomic E-state index is 14.1. The number of aromatic nitrogens is 1. The van der Waals surface area contributed by atoms with Gasteiger partial charge in [-0.05, 0) is 75.5 Å². The molecule has 1 aromatic heterocycles. The molecule has 6 rings (SSSR count). The van der Waals surface area contributed by atoms with Crippen LogP contribution in [0.4, 0.5) is 5.69 Å². The molecule has 10 nitrogen and oxygen atoms in total. The maximum Gasteiger partial charge on any atom is 0.241 e. The second-order valence-corrected chi connectivity index (χ2v) is 16.1. The summed E-state index contributed by atoms with van der Waals surface area (Å²) >= 11 is 0. The maximum absolute atomic E-state index is 14.1. The van der Waals surface area contributed by atoms with Crippen molar-refractivity contribution in [3.63, 3.8) is 0 Å². The van der Waals surface area contributed by atoms with E-state index in [4.69, 9.17) is 0 Å². The highest BCUT2D eigenvalue weighted by molar-refractivity contribution is 7.92. The van der Waals surface area contributed by atoms with E-state index in [1.54, 1.807) is 4.90 Å². The van der Waals surface area contributed by atoms with Gasteiger partial charge in [0.2, 0.25) is 26.0 Å². The van der Waals surface area contributed by atoms with Crippen LogP contribution in [-0.2, 0) is 36.7 Å². The van der Waals surface area contributed by atoms with Gasteiger partial charge in [-0.15, -0.1) is 0 Å². The van der Waals surface area contributed by atoms with Gasteiger partial charge >= 0.3 is 0 Å². The van der Waals surface area contributed by atoms with Crippen molar-refractivity contribution < 1.29 is 21.6 Å². The number of anilines is 1. The van der Waals surface area contributed by atoms with Gasteiger partial charge in [-0.1, -0.05) is 36.4 Å². The van der Waals surface area contributed by atoms with Crippen LogP contribution >= 0.6 is 0 Å². The minimum atomic E-state index is -3.74. The van der Waals surface area contributed by atoms with Crippen LogP contribution < -0.4 is 9.03 Å². The molecule has 1 spiro atoms. The molecule has 42 heavy (non-hydrogen) atoms. The number of rotatable bonds is 7. The first-order chi connectivity index (χ1) is 20.0. The zero-order valence-corrected chi connectivity index (χ0v) is 25.8. The van der Waals surface area contributed by atoms with Crippen molar-refractivity contribution in [3.05, 3.63) is 65.9 Å². The van der Waals surface area contributed by atoms with Crippen LogP contribution in [0.25, 0.3) is 10.9 Å². The second-order valence-electron chi connectivity index (χ2n) is 12.2. The van der Waals surface area contributed by atoms with Gasteiger partial charge in [0.1, 0.15) is 6.04 Å². The molecule has 1 amide bonds. The van der Waals surface area contributed by atoms with Crippen molar-refractivity contribution in [1.82, 2.24) is 19.5 Å². The van der Waals surface area contributed by atoms with E-state index in [1.165, 1.54) is 10.6 Å². The van der Waals surface area contributed by atoms with Gasteiger partial charge in [-0.2, -0.15) is 0 Å². The van der Waals surface area contributed by atoms with Crippen molar-refractivity contribution in [3.8, 4) is 0 Å². The van der Waals surface area contributed by atoms with Crippen molar-refractivity contribution in [2.45, 2.75) is 48.8 Å². The van der Waals surface area contributed by atoms with E-state index in [0.717, 1.165) is 22.0 Å². The summed E-state index contributed by atoms with van der Waals surface area (Å²) in [7, 11) is -5.20. The van der Waals surface area contributed by atoms with Crippen LogP contribution in [0.3, 0.4) is 0 Å². The van der Waals surface area contributed by atoms with Crippen molar-refractivity contribution >= 4 is 42.5 Å². The molecule has 3 aromatic rings. The van der Waals surface area contributed by atoms with Crippen LogP contribution in [0.1, 0.15) is 36.8 Å². The minimum absolute atomic E-state index is 0.237. The first kappa shape index (κ1) is 29.2. The highest BCUT2D eigenvalue weighted by atomic mass is 32.2. The summed E-state index contributed by atoms with van der Waals surface area (Å²) in [6.45, 7) is 2.60. The third-order valence-corrected chi connectivity index (χ3v) is 12.5. The number of benzene rings is 2. The number of sulfonamides is 2. The topological polar surface area (TPSA) is 123 Å². The Morgan fingerprint density at radius 3 is 2.38 bits per heavy atom. The molecule has 0 saturated carbocycles. The Bertz CT molecular complexity index is 1690. The summed E-state index contributed by atoms with van der Waals surface area (Å²) in [5.74, 6) is -0.238. The molecule has 0 bridgehead atoms. The lowest BCUT2D eigenvalue weighted by atomic mass is 9.74. The molecule has 2 aromatic carbocycles. The standard InChI is InChI=1S/C30H39N5O5S2/c1-33-15-11-23(12-16-33)42(39,40)32-27(19-22-20-31-26-9-5-3-7-24(22)26)29(36)34-17-13-30(14-18-34)21-35(41(2,37)38)28-10-6-4-8-25(28)30/h3-10,20,23,27,31-32H,11-19,21H2,1-2H3. The monoisotopic (exact) mass is 613 g/mol. The highest BCUT2D eigenvalue weighted by Gasteiger charge is 2.48. The largest absolute Gasteiger partial charge is 0.361 e. The van der Waals surface area contributed by atoms with Crippen LogP contribution in [-0.4, -0.2) is 94.8 Å². The number of amides is 1. The van der Waals surface area contributed by atoms with Crippen LogP contribution in [0.5, 0.6) is 0 Å². The van der Waals surface area contributed by atoms with E-state index in [9.17, 15) is 21.6 Å². The van der Waals surface area contributed by atoms with E-state index in [-0.39, 0.29) is 17.7 Å². The SMILES string of the molecule is CN1CCC(S(=O)(=O)NC(Cc2c[nH]c3ccccc23)C(=O)N2CCC3(CC2)CN(S(C)(=O)=O)c2ccccc23)CC1. The molecular weight excluding hydrogens is 574 g/mol. The lowest BCUT2D eigenvalue weighted by Crippen LogP contribution is -2.55. The van der Waals surface area contributed by atoms with Crippen LogP contribution in [0, 0.1) is 0 Å². The highest BCUT2D eigenvalue weighted by Crippen LogP contribution is 2.47. The van der Waals surface area contributed by atoms with E-state index >= 15 is 0 Å². The van der Waals surface area contributed by atoms with Crippen molar-refractivity contribution in [2.75, 3.05) is 50.3 Å². The second kappa shape index (κ2) is 11.0. The van der Waals surface area contributed by atoms with E-state index in [1.807, 2.05) is 61.8 Å². The molecule has 12 heteroatoms. The fraction of sp³-hybridized carbons (Fsp3) is 0.500. The lowest BCUT2D eigenvalue weighted by Gasteiger charge is -2.41. The third kappa shape index (κ3) is 5.45. The first-order valence-electron chi connectivity index (χ1n) is 14.6. The van der Waals surface area contributed by atoms with Crippen LogP contribution in [0.2, 0.25) is 0 Å².